The second-order valence-corrected chi connectivity index (χ2v) is 5.39. The molecule has 0 heterocycles. The van der Waals surface area contributed by atoms with Crippen LogP contribution in [0.25, 0.3) is 0 Å². The lowest BCUT2D eigenvalue weighted by molar-refractivity contribution is -0.115. The molecular formula is C12H17ClN2OS. The monoisotopic (exact) mass is 272 g/mol. The Balaban J connectivity index is 2.33. The van der Waals surface area contributed by atoms with Crippen molar-refractivity contribution in [2.45, 2.75) is 12.2 Å². The third-order valence-corrected chi connectivity index (χ3v) is 3.57. The van der Waals surface area contributed by atoms with Crippen molar-refractivity contribution in [1.29, 1.82) is 0 Å². The molecule has 17 heavy (non-hydrogen) atoms. The van der Waals surface area contributed by atoms with E-state index in [0.29, 0.717) is 22.5 Å². The van der Waals surface area contributed by atoms with Crippen LogP contribution in [0.5, 0.6) is 0 Å². The van der Waals surface area contributed by atoms with E-state index in [-0.39, 0.29) is 5.91 Å². The van der Waals surface area contributed by atoms with Gasteiger partial charge in [0.2, 0.25) is 5.91 Å². The fourth-order valence-electron chi connectivity index (χ4n) is 1.23. The highest BCUT2D eigenvalue weighted by Gasteiger charge is 2.05. The van der Waals surface area contributed by atoms with Gasteiger partial charge in [-0.05, 0) is 18.4 Å². The zero-order chi connectivity index (χ0) is 12.7. The van der Waals surface area contributed by atoms with Crippen LogP contribution in [0, 0.1) is 0 Å². The summed E-state index contributed by atoms with van der Waals surface area (Å²) >= 11 is 7.70. The molecule has 1 rings (SSSR count). The van der Waals surface area contributed by atoms with Crippen molar-refractivity contribution in [2.75, 3.05) is 24.7 Å². The summed E-state index contributed by atoms with van der Waals surface area (Å²) in [5.41, 5.74) is 0.652. The lowest BCUT2D eigenvalue weighted by atomic mass is 10.3. The van der Waals surface area contributed by atoms with Gasteiger partial charge in [0.25, 0.3) is 0 Å². The van der Waals surface area contributed by atoms with Crippen LogP contribution in [-0.4, -0.2) is 30.5 Å². The van der Waals surface area contributed by atoms with Gasteiger partial charge in [-0.2, -0.15) is 11.8 Å². The molecule has 1 amide bonds. The normalized spacial score (nSPS) is 12.2. The summed E-state index contributed by atoms with van der Waals surface area (Å²) in [4.78, 5) is 11.6. The van der Waals surface area contributed by atoms with Crippen LogP contribution >= 0.6 is 23.4 Å². The van der Waals surface area contributed by atoms with E-state index in [1.807, 2.05) is 12.1 Å². The van der Waals surface area contributed by atoms with Crippen LogP contribution < -0.4 is 10.6 Å². The fraction of sp³-hybridized carbons (Fsp3) is 0.417. The number of anilines is 1. The fourth-order valence-corrected chi connectivity index (χ4v) is 1.70. The number of amides is 1. The molecule has 3 nitrogen and oxygen atoms in total. The summed E-state index contributed by atoms with van der Waals surface area (Å²) in [6.45, 7) is 3.23. The lowest BCUT2D eigenvalue weighted by Crippen LogP contribution is -2.31. The minimum Gasteiger partial charge on any atom is -0.324 e. The Labute approximate surface area is 111 Å². The molecule has 2 N–H and O–H groups in total. The molecule has 1 aromatic carbocycles. The summed E-state index contributed by atoms with van der Waals surface area (Å²) in [5, 5.41) is 6.92. The first-order valence-corrected chi connectivity index (χ1v) is 7.08. The zero-order valence-corrected chi connectivity index (χ0v) is 11.6. The van der Waals surface area contributed by atoms with Crippen LogP contribution in [0.1, 0.15) is 6.92 Å². The predicted octanol–water partition coefficient (Wildman–Crippen LogP) is 2.62. The molecule has 0 aliphatic heterocycles. The van der Waals surface area contributed by atoms with Gasteiger partial charge in [0, 0.05) is 11.8 Å². The highest BCUT2D eigenvalue weighted by molar-refractivity contribution is 7.99. The number of benzene rings is 1. The summed E-state index contributed by atoms with van der Waals surface area (Å²) < 4.78 is 0. The molecule has 0 aliphatic carbocycles. The first-order chi connectivity index (χ1) is 8.13. The topological polar surface area (TPSA) is 41.1 Å². The quantitative estimate of drug-likeness (QED) is 0.836. The van der Waals surface area contributed by atoms with E-state index in [1.165, 1.54) is 0 Å². The minimum atomic E-state index is -0.0774. The average molecular weight is 273 g/mol. The average Bonchev–Trinajstić information content (AvgIpc) is 2.32. The standard InChI is InChI=1S/C12H17ClN2OS/c1-9(17-2)7-14-8-12(16)15-11-6-4-3-5-10(11)13/h3-6,9,14H,7-8H2,1-2H3,(H,15,16). The van der Waals surface area contributed by atoms with Crippen LogP contribution in [0.15, 0.2) is 24.3 Å². The number of rotatable bonds is 6. The number of carbonyl (C=O) groups excluding carboxylic acids is 1. The highest BCUT2D eigenvalue weighted by atomic mass is 35.5. The first kappa shape index (κ1) is 14.4. The number of hydrogen-bond acceptors (Lipinski definition) is 3. The van der Waals surface area contributed by atoms with Crippen molar-refractivity contribution in [2.24, 2.45) is 0 Å². The molecule has 0 bridgehead atoms. The van der Waals surface area contributed by atoms with E-state index in [9.17, 15) is 4.79 Å². The van der Waals surface area contributed by atoms with Gasteiger partial charge in [0.1, 0.15) is 0 Å². The second-order valence-electron chi connectivity index (χ2n) is 3.71. The Morgan fingerprint density at radius 1 is 1.47 bits per heavy atom. The molecule has 0 aromatic heterocycles. The van der Waals surface area contributed by atoms with Crippen molar-refractivity contribution >= 4 is 35.0 Å². The maximum absolute atomic E-state index is 11.6. The Morgan fingerprint density at radius 3 is 2.82 bits per heavy atom. The number of thioether (sulfide) groups is 1. The van der Waals surface area contributed by atoms with E-state index in [0.717, 1.165) is 6.54 Å². The molecule has 0 radical (unpaired) electrons. The first-order valence-electron chi connectivity index (χ1n) is 5.41. The molecule has 1 unspecified atom stereocenters. The van der Waals surface area contributed by atoms with Crippen LogP contribution in [0.4, 0.5) is 5.69 Å². The highest BCUT2D eigenvalue weighted by Crippen LogP contribution is 2.19. The molecule has 0 aliphatic rings. The van der Waals surface area contributed by atoms with E-state index >= 15 is 0 Å². The number of carbonyl (C=O) groups is 1. The van der Waals surface area contributed by atoms with Gasteiger partial charge < -0.3 is 10.6 Å². The summed E-state index contributed by atoms with van der Waals surface area (Å²) in [5.74, 6) is -0.0774. The largest absolute Gasteiger partial charge is 0.324 e. The van der Waals surface area contributed by atoms with Crippen molar-refractivity contribution < 1.29 is 4.79 Å². The molecule has 0 spiro atoms. The summed E-state index contributed by atoms with van der Waals surface area (Å²) in [7, 11) is 0. The molecule has 0 fully saturated rings. The Kier molecular flexibility index (Phi) is 6.40. The minimum absolute atomic E-state index is 0.0774. The Bertz CT molecular complexity index is 373. The van der Waals surface area contributed by atoms with E-state index < -0.39 is 0 Å². The molecule has 1 aromatic rings. The third kappa shape index (κ3) is 5.44. The molecule has 1 atom stereocenters. The lowest BCUT2D eigenvalue weighted by Gasteiger charge is -2.10. The van der Waals surface area contributed by atoms with Gasteiger partial charge in [-0.3, -0.25) is 4.79 Å². The Morgan fingerprint density at radius 2 is 2.18 bits per heavy atom. The van der Waals surface area contributed by atoms with E-state index in [4.69, 9.17) is 11.6 Å². The number of nitrogens with one attached hydrogen (secondary N) is 2. The smallest absolute Gasteiger partial charge is 0.238 e. The zero-order valence-electron chi connectivity index (χ0n) is 10.00. The van der Waals surface area contributed by atoms with Gasteiger partial charge in [-0.25, -0.2) is 0 Å². The van der Waals surface area contributed by atoms with Crippen molar-refractivity contribution in [1.82, 2.24) is 5.32 Å². The maximum Gasteiger partial charge on any atom is 0.238 e. The van der Waals surface area contributed by atoms with Gasteiger partial charge in [0.15, 0.2) is 0 Å². The van der Waals surface area contributed by atoms with Gasteiger partial charge in [-0.1, -0.05) is 30.7 Å². The number of hydrogen-bond donors (Lipinski definition) is 2. The molecule has 94 valence electrons. The molecule has 0 saturated heterocycles. The third-order valence-electron chi connectivity index (χ3n) is 2.27. The SMILES string of the molecule is CSC(C)CNCC(=O)Nc1ccccc1Cl. The van der Waals surface area contributed by atoms with Crippen molar-refractivity contribution in [3.05, 3.63) is 29.3 Å². The van der Waals surface area contributed by atoms with Gasteiger partial charge in [-0.15, -0.1) is 0 Å². The summed E-state index contributed by atoms with van der Waals surface area (Å²) in [6, 6.07) is 7.20. The van der Waals surface area contributed by atoms with Gasteiger partial charge in [0.05, 0.1) is 17.3 Å². The summed E-state index contributed by atoms with van der Waals surface area (Å²) in [6.07, 6.45) is 2.05. The number of halogens is 1. The maximum atomic E-state index is 11.6. The Hall–Kier alpha value is -0.710. The number of para-hydroxylation sites is 1. The molecule has 0 saturated carbocycles. The van der Waals surface area contributed by atoms with Crippen LogP contribution in [-0.2, 0) is 4.79 Å². The van der Waals surface area contributed by atoms with Crippen LogP contribution in [0.3, 0.4) is 0 Å². The van der Waals surface area contributed by atoms with E-state index in [1.54, 1.807) is 23.9 Å². The van der Waals surface area contributed by atoms with Crippen molar-refractivity contribution in [3.8, 4) is 0 Å². The van der Waals surface area contributed by atoms with Crippen molar-refractivity contribution in [3.63, 3.8) is 0 Å². The van der Waals surface area contributed by atoms with Crippen LogP contribution in [0.2, 0.25) is 5.02 Å². The predicted molar refractivity (Wildman–Crippen MR) is 75.9 cm³/mol. The molecular weight excluding hydrogens is 256 g/mol. The van der Waals surface area contributed by atoms with Gasteiger partial charge >= 0.3 is 0 Å². The molecule has 5 heteroatoms. The second kappa shape index (κ2) is 7.58. The van der Waals surface area contributed by atoms with E-state index in [2.05, 4.69) is 23.8 Å².